The molecule has 96 valence electrons. The van der Waals surface area contributed by atoms with Gasteiger partial charge in [0.15, 0.2) is 0 Å². The Balaban J connectivity index is 2.28. The van der Waals surface area contributed by atoms with Gasteiger partial charge in [-0.1, -0.05) is 40.2 Å². The standard InChI is InChI=1S/C15H11BrO3/c1-2-18-15(17)14-7-11-9-5-3-4-6-10(9)12(16)8-13(11)19-14/h3-8H,2H2,1H3. The van der Waals surface area contributed by atoms with Gasteiger partial charge in [-0.25, -0.2) is 4.79 Å². The van der Waals surface area contributed by atoms with Crippen molar-refractivity contribution in [2.75, 3.05) is 6.61 Å². The van der Waals surface area contributed by atoms with Crippen LogP contribution >= 0.6 is 15.9 Å². The van der Waals surface area contributed by atoms with Gasteiger partial charge in [0.25, 0.3) is 0 Å². The van der Waals surface area contributed by atoms with E-state index < -0.39 is 5.97 Å². The van der Waals surface area contributed by atoms with Crippen LogP contribution in [-0.2, 0) is 4.74 Å². The van der Waals surface area contributed by atoms with Gasteiger partial charge in [-0.2, -0.15) is 0 Å². The van der Waals surface area contributed by atoms with Crippen LogP contribution in [0.4, 0.5) is 0 Å². The molecule has 0 N–H and O–H groups in total. The van der Waals surface area contributed by atoms with Crippen LogP contribution < -0.4 is 0 Å². The summed E-state index contributed by atoms with van der Waals surface area (Å²) in [5, 5.41) is 3.05. The molecule has 3 aromatic rings. The number of esters is 1. The minimum atomic E-state index is -0.432. The number of halogens is 1. The van der Waals surface area contributed by atoms with Gasteiger partial charge in [-0.15, -0.1) is 0 Å². The van der Waals surface area contributed by atoms with Gasteiger partial charge in [0.2, 0.25) is 5.76 Å². The van der Waals surface area contributed by atoms with Gasteiger partial charge < -0.3 is 9.15 Å². The van der Waals surface area contributed by atoms with Crippen molar-refractivity contribution in [3.8, 4) is 0 Å². The highest BCUT2D eigenvalue weighted by atomic mass is 79.9. The first-order chi connectivity index (χ1) is 9.20. The summed E-state index contributed by atoms with van der Waals surface area (Å²) in [6, 6.07) is 11.6. The van der Waals surface area contributed by atoms with Crippen LogP contribution in [0.25, 0.3) is 21.7 Å². The first-order valence-corrected chi connectivity index (χ1v) is 6.78. The molecule has 1 aromatic heterocycles. The Bertz CT molecular complexity index is 774. The molecule has 0 radical (unpaired) electrons. The van der Waals surface area contributed by atoms with E-state index in [1.54, 1.807) is 13.0 Å². The lowest BCUT2D eigenvalue weighted by Gasteiger charge is -2.00. The number of rotatable bonds is 2. The molecule has 0 fully saturated rings. The molecule has 0 saturated carbocycles. The Hall–Kier alpha value is -1.81. The van der Waals surface area contributed by atoms with E-state index in [9.17, 15) is 4.79 Å². The summed E-state index contributed by atoms with van der Waals surface area (Å²) >= 11 is 3.52. The fraction of sp³-hybridized carbons (Fsp3) is 0.133. The van der Waals surface area contributed by atoms with Gasteiger partial charge >= 0.3 is 5.97 Å². The number of hydrogen-bond acceptors (Lipinski definition) is 3. The second-order valence-electron chi connectivity index (χ2n) is 4.15. The predicted molar refractivity (Wildman–Crippen MR) is 77.4 cm³/mol. The highest BCUT2D eigenvalue weighted by Crippen LogP contribution is 2.33. The van der Waals surface area contributed by atoms with Gasteiger partial charge in [0.1, 0.15) is 5.58 Å². The highest BCUT2D eigenvalue weighted by Gasteiger charge is 2.15. The first-order valence-electron chi connectivity index (χ1n) is 5.98. The molecular weight excluding hydrogens is 308 g/mol. The molecule has 0 aliphatic carbocycles. The van der Waals surface area contributed by atoms with Gasteiger partial charge in [-0.05, 0) is 29.8 Å². The SMILES string of the molecule is CCOC(=O)c1cc2c(cc(Br)c3ccccc32)o1. The molecule has 0 aliphatic rings. The monoisotopic (exact) mass is 318 g/mol. The fourth-order valence-electron chi connectivity index (χ4n) is 2.14. The molecule has 3 nitrogen and oxygen atoms in total. The Morgan fingerprint density at radius 1 is 1.21 bits per heavy atom. The largest absolute Gasteiger partial charge is 0.460 e. The number of hydrogen-bond donors (Lipinski definition) is 0. The van der Waals surface area contributed by atoms with Crippen molar-refractivity contribution in [3.05, 3.63) is 46.6 Å². The number of benzene rings is 2. The van der Waals surface area contributed by atoms with Gasteiger partial charge in [-0.3, -0.25) is 0 Å². The van der Waals surface area contributed by atoms with E-state index in [0.717, 1.165) is 20.6 Å². The molecule has 0 bridgehead atoms. The zero-order chi connectivity index (χ0) is 13.4. The van der Waals surface area contributed by atoms with E-state index in [1.807, 2.05) is 30.3 Å². The van der Waals surface area contributed by atoms with Gasteiger partial charge in [0, 0.05) is 9.86 Å². The molecule has 2 aromatic carbocycles. The Kier molecular flexibility index (Phi) is 3.03. The minimum Gasteiger partial charge on any atom is -0.460 e. The highest BCUT2D eigenvalue weighted by molar-refractivity contribution is 9.10. The quantitative estimate of drug-likeness (QED) is 0.652. The maximum absolute atomic E-state index is 11.7. The Morgan fingerprint density at radius 3 is 2.68 bits per heavy atom. The zero-order valence-corrected chi connectivity index (χ0v) is 11.9. The lowest BCUT2D eigenvalue weighted by atomic mass is 10.1. The van der Waals surface area contributed by atoms with E-state index in [-0.39, 0.29) is 5.76 Å². The van der Waals surface area contributed by atoms with Crippen molar-refractivity contribution >= 4 is 43.6 Å². The number of ether oxygens (including phenoxy) is 1. The molecular formula is C15H11BrO3. The average Bonchev–Trinajstić information content (AvgIpc) is 2.83. The van der Waals surface area contributed by atoms with Crippen molar-refractivity contribution in [1.82, 2.24) is 0 Å². The van der Waals surface area contributed by atoms with Crippen LogP contribution in [0.5, 0.6) is 0 Å². The van der Waals surface area contributed by atoms with Gasteiger partial charge in [0.05, 0.1) is 6.61 Å². The molecule has 0 spiro atoms. The van der Waals surface area contributed by atoms with Crippen LogP contribution in [0, 0.1) is 0 Å². The summed E-state index contributed by atoms with van der Waals surface area (Å²) in [5.41, 5.74) is 0.675. The molecule has 0 aliphatic heterocycles. The summed E-state index contributed by atoms with van der Waals surface area (Å²) in [5.74, 6) is -0.195. The molecule has 0 amide bonds. The van der Waals surface area contributed by atoms with E-state index in [2.05, 4.69) is 15.9 Å². The summed E-state index contributed by atoms with van der Waals surface area (Å²) in [6.45, 7) is 2.10. The van der Waals surface area contributed by atoms with E-state index in [1.165, 1.54) is 0 Å². The Labute approximate surface area is 118 Å². The van der Waals surface area contributed by atoms with Crippen molar-refractivity contribution in [3.63, 3.8) is 0 Å². The topological polar surface area (TPSA) is 39.4 Å². The predicted octanol–water partition coefficient (Wildman–Crippen LogP) is 4.53. The summed E-state index contributed by atoms with van der Waals surface area (Å²) in [4.78, 5) is 11.7. The third-order valence-corrected chi connectivity index (χ3v) is 3.63. The zero-order valence-electron chi connectivity index (χ0n) is 10.3. The lowest BCUT2D eigenvalue weighted by Crippen LogP contribution is -2.02. The van der Waals surface area contributed by atoms with Crippen LogP contribution in [0.3, 0.4) is 0 Å². The average molecular weight is 319 g/mol. The first kappa shape index (κ1) is 12.2. The maximum Gasteiger partial charge on any atom is 0.374 e. The number of fused-ring (bicyclic) bond motifs is 3. The normalized spacial score (nSPS) is 11.1. The van der Waals surface area contributed by atoms with Crippen LogP contribution in [0.15, 0.2) is 45.3 Å². The second-order valence-corrected chi connectivity index (χ2v) is 5.00. The minimum absolute atomic E-state index is 0.236. The third-order valence-electron chi connectivity index (χ3n) is 2.97. The van der Waals surface area contributed by atoms with Crippen LogP contribution in [0.2, 0.25) is 0 Å². The lowest BCUT2D eigenvalue weighted by molar-refractivity contribution is 0.0492. The second kappa shape index (κ2) is 4.70. The summed E-state index contributed by atoms with van der Waals surface area (Å²) < 4.78 is 11.5. The molecule has 1 heterocycles. The molecule has 19 heavy (non-hydrogen) atoms. The fourth-order valence-corrected chi connectivity index (χ4v) is 2.70. The number of carbonyl (C=O) groups is 1. The molecule has 0 atom stereocenters. The molecule has 0 saturated heterocycles. The van der Waals surface area contributed by atoms with Crippen LogP contribution in [-0.4, -0.2) is 12.6 Å². The number of carbonyl (C=O) groups excluding carboxylic acids is 1. The van der Waals surface area contributed by atoms with E-state index in [0.29, 0.717) is 12.2 Å². The number of furan rings is 1. The van der Waals surface area contributed by atoms with Crippen LogP contribution in [0.1, 0.15) is 17.5 Å². The Morgan fingerprint density at radius 2 is 1.95 bits per heavy atom. The molecule has 4 heteroatoms. The smallest absolute Gasteiger partial charge is 0.374 e. The summed E-state index contributed by atoms with van der Waals surface area (Å²) in [7, 11) is 0. The van der Waals surface area contributed by atoms with Crippen molar-refractivity contribution in [1.29, 1.82) is 0 Å². The molecule has 3 rings (SSSR count). The van der Waals surface area contributed by atoms with E-state index >= 15 is 0 Å². The molecule has 0 unspecified atom stereocenters. The maximum atomic E-state index is 11.7. The van der Waals surface area contributed by atoms with E-state index in [4.69, 9.17) is 9.15 Å². The van der Waals surface area contributed by atoms with Crippen molar-refractivity contribution < 1.29 is 13.9 Å². The van der Waals surface area contributed by atoms with Crippen molar-refractivity contribution in [2.24, 2.45) is 0 Å². The van der Waals surface area contributed by atoms with Crippen molar-refractivity contribution in [2.45, 2.75) is 6.92 Å². The third kappa shape index (κ3) is 2.02. The summed E-state index contributed by atoms with van der Waals surface area (Å²) in [6.07, 6.45) is 0.